The van der Waals surface area contributed by atoms with Crippen LogP contribution in [0.15, 0.2) is 30.3 Å². The van der Waals surface area contributed by atoms with Gasteiger partial charge in [0.15, 0.2) is 0 Å². The Kier molecular flexibility index (Phi) is 3.79. The van der Waals surface area contributed by atoms with Gasteiger partial charge in [-0.25, -0.2) is 9.69 Å². The van der Waals surface area contributed by atoms with Crippen molar-refractivity contribution < 1.29 is 9.59 Å². The van der Waals surface area contributed by atoms with Gasteiger partial charge in [0, 0.05) is 38.9 Å². The lowest BCUT2D eigenvalue weighted by Crippen LogP contribution is -2.51. The predicted octanol–water partition coefficient (Wildman–Crippen LogP) is 0.660. The van der Waals surface area contributed by atoms with Gasteiger partial charge in [-0.2, -0.15) is 0 Å². The van der Waals surface area contributed by atoms with Crippen molar-refractivity contribution in [3.05, 3.63) is 30.3 Å². The molecule has 0 aromatic heterocycles. The number of benzene rings is 1. The Morgan fingerprint density at radius 3 is 2.24 bits per heavy atom. The van der Waals surface area contributed by atoms with Gasteiger partial charge in [-0.3, -0.25) is 9.69 Å². The molecule has 2 fully saturated rings. The number of rotatable bonds is 3. The van der Waals surface area contributed by atoms with E-state index < -0.39 is 0 Å². The van der Waals surface area contributed by atoms with Crippen LogP contribution in [0.2, 0.25) is 0 Å². The number of carbonyl (C=O) groups is 2. The van der Waals surface area contributed by atoms with E-state index in [-0.39, 0.29) is 18.5 Å². The summed E-state index contributed by atoms with van der Waals surface area (Å²) in [4.78, 5) is 30.9. The van der Waals surface area contributed by atoms with Crippen LogP contribution in [0.25, 0.3) is 0 Å². The second-order valence-corrected chi connectivity index (χ2v) is 5.54. The first-order valence-corrected chi connectivity index (χ1v) is 7.23. The summed E-state index contributed by atoms with van der Waals surface area (Å²) in [7, 11) is 1.66. The summed E-state index contributed by atoms with van der Waals surface area (Å²) in [6.45, 7) is 4.14. The Hall–Kier alpha value is -2.08. The van der Waals surface area contributed by atoms with Crippen molar-refractivity contribution in [3.63, 3.8) is 0 Å². The van der Waals surface area contributed by atoms with Gasteiger partial charge >= 0.3 is 6.03 Å². The first kappa shape index (κ1) is 13.9. The standard InChI is InChI=1S/C15H20N4O2/c1-16-11-14(20)19(15(16)21)12-17-7-9-18(10-8-17)13-5-3-2-4-6-13/h2-6H,7-12H2,1H3. The first-order chi connectivity index (χ1) is 10.1. The van der Waals surface area contributed by atoms with Crippen molar-refractivity contribution in [2.45, 2.75) is 0 Å². The van der Waals surface area contributed by atoms with E-state index in [4.69, 9.17) is 0 Å². The highest BCUT2D eigenvalue weighted by molar-refractivity contribution is 6.01. The molecule has 6 nitrogen and oxygen atoms in total. The van der Waals surface area contributed by atoms with Crippen molar-refractivity contribution in [1.82, 2.24) is 14.7 Å². The van der Waals surface area contributed by atoms with Crippen molar-refractivity contribution in [2.24, 2.45) is 0 Å². The lowest BCUT2D eigenvalue weighted by atomic mass is 10.2. The first-order valence-electron chi connectivity index (χ1n) is 7.23. The van der Waals surface area contributed by atoms with Gasteiger partial charge in [0.1, 0.15) is 6.54 Å². The number of imide groups is 1. The lowest BCUT2D eigenvalue weighted by Gasteiger charge is -2.37. The molecule has 1 aromatic rings. The van der Waals surface area contributed by atoms with Gasteiger partial charge in [0.2, 0.25) is 0 Å². The minimum atomic E-state index is -0.189. The maximum atomic E-state index is 11.9. The van der Waals surface area contributed by atoms with Gasteiger partial charge < -0.3 is 9.80 Å². The van der Waals surface area contributed by atoms with E-state index in [9.17, 15) is 9.59 Å². The highest BCUT2D eigenvalue weighted by Crippen LogP contribution is 2.16. The van der Waals surface area contributed by atoms with Crippen LogP contribution in [-0.4, -0.2) is 73.1 Å². The molecule has 0 bridgehead atoms. The van der Waals surface area contributed by atoms with Gasteiger partial charge in [0.05, 0.1) is 6.67 Å². The third kappa shape index (κ3) is 2.85. The molecule has 21 heavy (non-hydrogen) atoms. The van der Waals surface area contributed by atoms with E-state index in [1.165, 1.54) is 15.5 Å². The van der Waals surface area contributed by atoms with E-state index in [1.807, 2.05) is 18.2 Å². The van der Waals surface area contributed by atoms with Crippen LogP contribution in [0.1, 0.15) is 0 Å². The number of piperazine rings is 1. The summed E-state index contributed by atoms with van der Waals surface area (Å²) >= 11 is 0. The fourth-order valence-electron chi connectivity index (χ4n) is 2.79. The van der Waals surface area contributed by atoms with Gasteiger partial charge in [0.25, 0.3) is 5.91 Å². The number of para-hydroxylation sites is 1. The minimum Gasteiger partial charge on any atom is -0.369 e. The maximum Gasteiger partial charge on any atom is 0.328 e. The van der Waals surface area contributed by atoms with E-state index >= 15 is 0 Å². The molecule has 3 amide bonds. The van der Waals surface area contributed by atoms with Crippen LogP contribution in [0.5, 0.6) is 0 Å². The van der Waals surface area contributed by atoms with Crippen LogP contribution in [0, 0.1) is 0 Å². The number of carbonyl (C=O) groups excluding carboxylic acids is 2. The molecule has 0 aliphatic carbocycles. The third-order valence-electron chi connectivity index (χ3n) is 4.07. The number of hydrogen-bond acceptors (Lipinski definition) is 4. The Morgan fingerprint density at radius 2 is 1.67 bits per heavy atom. The quantitative estimate of drug-likeness (QED) is 0.767. The molecule has 0 atom stereocenters. The molecule has 0 saturated carbocycles. The summed E-state index contributed by atoms with van der Waals surface area (Å²) in [5.41, 5.74) is 1.23. The molecule has 0 radical (unpaired) electrons. The van der Waals surface area contributed by atoms with Crippen molar-refractivity contribution >= 4 is 17.6 Å². The van der Waals surface area contributed by atoms with E-state index in [2.05, 4.69) is 21.9 Å². The molecule has 0 unspecified atom stereocenters. The SMILES string of the molecule is CN1CC(=O)N(CN2CCN(c3ccccc3)CC2)C1=O. The van der Waals surface area contributed by atoms with E-state index in [1.54, 1.807) is 7.05 Å². The maximum absolute atomic E-state index is 11.9. The summed E-state index contributed by atoms with van der Waals surface area (Å²) in [5, 5.41) is 0. The van der Waals surface area contributed by atoms with Gasteiger partial charge in [-0.15, -0.1) is 0 Å². The summed E-state index contributed by atoms with van der Waals surface area (Å²) in [6.07, 6.45) is 0. The molecular formula is C15H20N4O2. The zero-order valence-electron chi connectivity index (χ0n) is 12.2. The van der Waals surface area contributed by atoms with Crippen molar-refractivity contribution in [1.29, 1.82) is 0 Å². The summed E-state index contributed by atoms with van der Waals surface area (Å²) < 4.78 is 0. The Bertz CT molecular complexity index is 526. The van der Waals surface area contributed by atoms with Crippen LogP contribution in [0.3, 0.4) is 0 Å². The second kappa shape index (κ2) is 5.73. The third-order valence-corrected chi connectivity index (χ3v) is 4.07. The smallest absolute Gasteiger partial charge is 0.328 e. The highest BCUT2D eigenvalue weighted by atomic mass is 16.2. The zero-order chi connectivity index (χ0) is 14.8. The Balaban J connectivity index is 1.55. The summed E-state index contributed by atoms with van der Waals surface area (Å²) in [5.74, 6) is -0.104. The second-order valence-electron chi connectivity index (χ2n) is 5.54. The molecule has 0 spiro atoms. The van der Waals surface area contributed by atoms with E-state index in [0.717, 1.165) is 26.2 Å². The van der Waals surface area contributed by atoms with Gasteiger partial charge in [-0.05, 0) is 12.1 Å². The molecule has 1 aromatic carbocycles. The largest absolute Gasteiger partial charge is 0.369 e. The van der Waals surface area contributed by atoms with E-state index in [0.29, 0.717) is 6.67 Å². The number of likely N-dealkylation sites (N-methyl/N-ethyl adjacent to an activating group) is 1. The average molecular weight is 288 g/mol. The molecule has 2 aliphatic rings. The molecule has 6 heteroatoms. The monoisotopic (exact) mass is 288 g/mol. The molecule has 0 N–H and O–H groups in total. The molecule has 2 aliphatic heterocycles. The van der Waals surface area contributed by atoms with Crippen LogP contribution in [0.4, 0.5) is 10.5 Å². The number of anilines is 1. The van der Waals surface area contributed by atoms with Crippen LogP contribution < -0.4 is 4.90 Å². The molecule has 2 saturated heterocycles. The number of amides is 3. The number of hydrogen-bond donors (Lipinski definition) is 0. The molecule has 112 valence electrons. The molecular weight excluding hydrogens is 268 g/mol. The Labute approximate surface area is 124 Å². The molecule has 3 rings (SSSR count). The fourth-order valence-corrected chi connectivity index (χ4v) is 2.79. The Morgan fingerprint density at radius 1 is 1.00 bits per heavy atom. The lowest BCUT2D eigenvalue weighted by molar-refractivity contribution is -0.126. The van der Waals surface area contributed by atoms with Crippen molar-refractivity contribution in [2.75, 3.05) is 51.3 Å². The molecule has 2 heterocycles. The normalized spacial score (nSPS) is 20.5. The number of urea groups is 1. The average Bonchev–Trinajstić information content (AvgIpc) is 2.75. The highest BCUT2D eigenvalue weighted by Gasteiger charge is 2.35. The topological polar surface area (TPSA) is 47.1 Å². The van der Waals surface area contributed by atoms with Crippen molar-refractivity contribution in [3.8, 4) is 0 Å². The number of nitrogens with zero attached hydrogens (tertiary/aromatic N) is 4. The van der Waals surface area contributed by atoms with Crippen LogP contribution in [-0.2, 0) is 4.79 Å². The fraction of sp³-hybridized carbons (Fsp3) is 0.467. The van der Waals surface area contributed by atoms with Crippen LogP contribution >= 0.6 is 0 Å². The summed E-state index contributed by atoms with van der Waals surface area (Å²) in [6, 6.07) is 10.1. The zero-order valence-corrected chi connectivity index (χ0v) is 12.2. The predicted molar refractivity (Wildman–Crippen MR) is 80.0 cm³/mol. The van der Waals surface area contributed by atoms with Gasteiger partial charge in [-0.1, -0.05) is 18.2 Å². The minimum absolute atomic E-state index is 0.104.